The lowest BCUT2D eigenvalue weighted by Gasteiger charge is -2.16. The maximum Gasteiger partial charge on any atom is 0.249 e. The zero-order valence-corrected chi connectivity index (χ0v) is 18.6. The molecule has 2 unspecified atom stereocenters. The van der Waals surface area contributed by atoms with Gasteiger partial charge >= 0.3 is 0 Å². The van der Waals surface area contributed by atoms with E-state index >= 15 is 0 Å². The summed E-state index contributed by atoms with van der Waals surface area (Å²) < 4.78 is 11.6. The van der Waals surface area contributed by atoms with Gasteiger partial charge in [-0.1, -0.05) is 60.2 Å². The quantitative estimate of drug-likeness (QED) is 0.584. The number of carbonyl (C=O) groups excluding carboxylic acids is 1. The van der Waals surface area contributed by atoms with Crippen molar-refractivity contribution in [3.8, 4) is 5.75 Å². The molecule has 0 aromatic heterocycles. The zero-order valence-electron chi connectivity index (χ0n) is 18.6. The van der Waals surface area contributed by atoms with Gasteiger partial charge in [-0.05, 0) is 36.8 Å². The number of hydrogen-bond acceptors (Lipinski definition) is 5. The average Bonchev–Trinajstić information content (AvgIpc) is 3.25. The van der Waals surface area contributed by atoms with Gasteiger partial charge in [-0.25, -0.2) is 4.99 Å². The predicted octanol–water partition coefficient (Wildman–Crippen LogP) is 3.96. The SMILES string of the molecule is Cc1ccccc1.O=C1NCc2ccccc2C2OC(c3ccc(OCCCO)cc3)=NC12. The van der Waals surface area contributed by atoms with Crippen LogP contribution in [0.15, 0.2) is 83.9 Å². The highest BCUT2D eigenvalue weighted by molar-refractivity contribution is 5.99. The number of nitrogens with zero attached hydrogens (tertiary/aromatic N) is 1. The first-order chi connectivity index (χ1) is 16.2. The van der Waals surface area contributed by atoms with Gasteiger partial charge in [0.25, 0.3) is 0 Å². The summed E-state index contributed by atoms with van der Waals surface area (Å²) in [4.78, 5) is 16.9. The lowest BCUT2D eigenvalue weighted by atomic mass is 9.99. The molecule has 2 atom stereocenters. The van der Waals surface area contributed by atoms with E-state index in [4.69, 9.17) is 14.6 Å². The Morgan fingerprint density at radius 3 is 2.45 bits per heavy atom. The number of benzene rings is 3. The van der Waals surface area contributed by atoms with E-state index in [-0.39, 0.29) is 12.5 Å². The zero-order chi connectivity index (χ0) is 23.0. The van der Waals surface area contributed by atoms with Crippen LogP contribution in [-0.4, -0.2) is 36.2 Å². The molecule has 3 aromatic rings. The van der Waals surface area contributed by atoms with Gasteiger partial charge in [0, 0.05) is 30.7 Å². The van der Waals surface area contributed by atoms with Crippen molar-refractivity contribution in [1.29, 1.82) is 0 Å². The number of carbonyl (C=O) groups is 1. The molecule has 0 fully saturated rings. The van der Waals surface area contributed by atoms with Crippen LogP contribution < -0.4 is 10.1 Å². The van der Waals surface area contributed by atoms with E-state index in [2.05, 4.69) is 29.4 Å². The van der Waals surface area contributed by atoms with Crippen molar-refractivity contribution in [3.63, 3.8) is 0 Å². The lowest BCUT2D eigenvalue weighted by Crippen LogP contribution is -2.32. The largest absolute Gasteiger partial charge is 0.494 e. The molecule has 2 aliphatic rings. The van der Waals surface area contributed by atoms with E-state index in [1.807, 2.05) is 66.7 Å². The Morgan fingerprint density at radius 1 is 1.03 bits per heavy atom. The van der Waals surface area contributed by atoms with E-state index in [0.29, 0.717) is 25.5 Å². The summed E-state index contributed by atoms with van der Waals surface area (Å²) in [5.41, 5.74) is 4.18. The van der Waals surface area contributed by atoms with Crippen LogP contribution in [0.2, 0.25) is 0 Å². The number of ether oxygens (including phenoxy) is 2. The Morgan fingerprint density at radius 2 is 1.76 bits per heavy atom. The molecule has 6 nitrogen and oxygen atoms in total. The molecule has 170 valence electrons. The van der Waals surface area contributed by atoms with Crippen LogP contribution in [0, 0.1) is 6.92 Å². The highest BCUT2D eigenvalue weighted by Gasteiger charge is 2.40. The monoisotopic (exact) mass is 444 g/mol. The topological polar surface area (TPSA) is 80.2 Å². The summed E-state index contributed by atoms with van der Waals surface area (Å²) in [6.07, 6.45) is 0.194. The molecule has 6 heteroatoms. The molecule has 0 bridgehead atoms. The van der Waals surface area contributed by atoms with Crippen molar-refractivity contribution >= 4 is 11.8 Å². The fourth-order valence-electron chi connectivity index (χ4n) is 3.72. The standard InChI is InChI=1S/C20H20N2O4.C7H8/c23-10-3-11-25-15-8-6-13(7-9-15)20-22-17-18(26-20)16-5-2-1-4-14(16)12-21-19(17)24;1-7-5-3-2-4-6-7/h1-2,4-9,17-18,23H,3,10-12H2,(H,21,24);2-6H,1H3. The first-order valence-corrected chi connectivity index (χ1v) is 11.1. The summed E-state index contributed by atoms with van der Waals surface area (Å²) in [5, 5.41) is 11.7. The van der Waals surface area contributed by atoms with Crippen molar-refractivity contribution in [2.45, 2.75) is 32.0 Å². The fourth-order valence-corrected chi connectivity index (χ4v) is 3.72. The third-order valence-electron chi connectivity index (χ3n) is 5.48. The van der Waals surface area contributed by atoms with E-state index < -0.39 is 12.1 Å². The number of aliphatic hydroxyl groups excluding tert-OH is 1. The normalized spacial score (nSPS) is 18.4. The van der Waals surface area contributed by atoms with E-state index in [1.54, 1.807) is 0 Å². The van der Waals surface area contributed by atoms with Crippen molar-refractivity contribution in [2.24, 2.45) is 4.99 Å². The van der Waals surface area contributed by atoms with Crippen LogP contribution in [-0.2, 0) is 16.1 Å². The van der Waals surface area contributed by atoms with Crippen LogP contribution in [0.1, 0.15) is 34.8 Å². The molecule has 0 radical (unpaired) electrons. The molecule has 5 rings (SSSR count). The van der Waals surface area contributed by atoms with Gasteiger partial charge in [0.1, 0.15) is 5.75 Å². The van der Waals surface area contributed by atoms with Gasteiger partial charge < -0.3 is 19.9 Å². The minimum Gasteiger partial charge on any atom is -0.494 e. The first-order valence-electron chi connectivity index (χ1n) is 11.1. The number of hydrogen-bond donors (Lipinski definition) is 2. The molecule has 2 N–H and O–H groups in total. The van der Waals surface area contributed by atoms with E-state index in [1.165, 1.54) is 5.56 Å². The van der Waals surface area contributed by atoms with Crippen LogP contribution in [0.3, 0.4) is 0 Å². The molecule has 3 aromatic carbocycles. The summed E-state index contributed by atoms with van der Waals surface area (Å²) >= 11 is 0. The highest BCUT2D eigenvalue weighted by atomic mass is 16.5. The average molecular weight is 445 g/mol. The summed E-state index contributed by atoms with van der Waals surface area (Å²) in [6.45, 7) is 3.15. The number of amides is 1. The Bertz CT molecular complexity index is 1100. The molecule has 1 amide bonds. The maximum absolute atomic E-state index is 12.4. The third kappa shape index (κ3) is 5.59. The number of aliphatic imine (C=N–C) groups is 1. The Balaban J connectivity index is 0.000000318. The van der Waals surface area contributed by atoms with E-state index in [9.17, 15) is 4.79 Å². The van der Waals surface area contributed by atoms with Gasteiger partial charge in [0.15, 0.2) is 12.1 Å². The highest BCUT2D eigenvalue weighted by Crippen LogP contribution is 2.35. The molecular formula is C27H28N2O4. The number of rotatable bonds is 5. The summed E-state index contributed by atoms with van der Waals surface area (Å²) in [7, 11) is 0. The van der Waals surface area contributed by atoms with Crippen LogP contribution in [0.5, 0.6) is 5.75 Å². The molecule has 0 saturated heterocycles. The molecule has 2 aliphatic heterocycles. The second-order valence-corrected chi connectivity index (χ2v) is 7.94. The van der Waals surface area contributed by atoms with Crippen LogP contribution in [0.25, 0.3) is 0 Å². The van der Waals surface area contributed by atoms with Crippen molar-refractivity contribution in [3.05, 3.63) is 101 Å². The predicted molar refractivity (Wildman–Crippen MR) is 127 cm³/mol. The van der Waals surface area contributed by atoms with Gasteiger partial charge in [-0.3, -0.25) is 4.79 Å². The van der Waals surface area contributed by atoms with Gasteiger partial charge in [0.2, 0.25) is 11.8 Å². The second-order valence-electron chi connectivity index (χ2n) is 7.94. The Kier molecular flexibility index (Phi) is 7.37. The summed E-state index contributed by atoms with van der Waals surface area (Å²) in [6, 6.07) is 25.0. The fraction of sp³-hybridized carbons (Fsp3) is 0.259. The Hall–Kier alpha value is -3.64. The number of aliphatic hydroxyl groups is 1. The minimum atomic E-state index is -0.575. The maximum atomic E-state index is 12.4. The molecular weight excluding hydrogens is 416 g/mol. The smallest absolute Gasteiger partial charge is 0.249 e. The minimum absolute atomic E-state index is 0.106. The van der Waals surface area contributed by atoms with Crippen LogP contribution >= 0.6 is 0 Å². The number of aryl methyl sites for hydroxylation is 1. The van der Waals surface area contributed by atoms with Crippen molar-refractivity contribution in [1.82, 2.24) is 5.32 Å². The van der Waals surface area contributed by atoms with Crippen molar-refractivity contribution < 1.29 is 19.4 Å². The van der Waals surface area contributed by atoms with Gasteiger partial charge in [-0.15, -0.1) is 0 Å². The molecule has 2 heterocycles. The number of fused-ring (bicyclic) bond motifs is 3. The van der Waals surface area contributed by atoms with Crippen LogP contribution in [0.4, 0.5) is 0 Å². The molecule has 33 heavy (non-hydrogen) atoms. The lowest BCUT2D eigenvalue weighted by molar-refractivity contribution is -0.123. The van der Waals surface area contributed by atoms with Crippen molar-refractivity contribution in [2.75, 3.05) is 13.2 Å². The summed E-state index contributed by atoms with van der Waals surface area (Å²) in [5.74, 6) is 1.07. The molecule has 0 spiro atoms. The van der Waals surface area contributed by atoms with Gasteiger partial charge in [-0.2, -0.15) is 0 Å². The number of nitrogens with one attached hydrogen (secondary N) is 1. The third-order valence-corrected chi connectivity index (χ3v) is 5.48. The van der Waals surface area contributed by atoms with Gasteiger partial charge in [0.05, 0.1) is 6.61 Å². The molecule has 0 aliphatic carbocycles. The molecule has 0 saturated carbocycles. The first kappa shape index (κ1) is 22.6. The van der Waals surface area contributed by atoms with E-state index in [0.717, 1.165) is 22.4 Å². The second kappa shape index (κ2) is 10.8. The Labute approximate surface area is 193 Å².